The summed E-state index contributed by atoms with van der Waals surface area (Å²) in [5.74, 6) is -10.6. The molecule has 17 rings (SSSR count). The average molecular weight is 1370 g/mol. The van der Waals surface area contributed by atoms with Gasteiger partial charge in [-0.2, -0.15) is 0 Å². The summed E-state index contributed by atoms with van der Waals surface area (Å²) < 4.78 is 158. The minimum absolute atomic E-state index is 0.0349. The standard InChI is InChI=1S/C90H53F9N2O2/c1-3-52-13-37-65(38-14-52)102-67-41-25-57(26-42-67)89(56-21-27-59(91)28-22-56)75-11-7-5-9-69(75)71-44-36-64(47-78(71)89)101(88-82(95)51-81(94)84(97)86(88)99)62-33-19-55(20-34-62)54-17-31-61(32-18-54)100-63-35-45-72-70-10-6-8-12-76(70)90(79(72)48-63,58-23-29-60(92)30-24-58)77-46-43-68(103-66-39-15-53(4-2)16-40-66)49-73(77)74-50-80(93)83(96)85(98)87(74)100/h3-51H,1-2H2. The zero-order valence-electron chi connectivity index (χ0n) is 54.3. The zero-order chi connectivity index (χ0) is 70.6. The Morgan fingerprint density at radius 1 is 0.311 bits per heavy atom. The molecule has 2 aliphatic carbocycles. The highest BCUT2D eigenvalue weighted by atomic mass is 19.2. The van der Waals surface area contributed by atoms with Crippen LogP contribution in [-0.2, 0) is 10.8 Å². The Balaban J connectivity index is 0.798. The fourth-order valence-corrected chi connectivity index (χ4v) is 15.5. The monoisotopic (exact) mass is 1360 g/mol. The summed E-state index contributed by atoms with van der Waals surface area (Å²) in [4.78, 5) is 2.71. The van der Waals surface area contributed by atoms with E-state index in [4.69, 9.17) is 9.47 Å². The summed E-state index contributed by atoms with van der Waals surface area (Å²) in [6, 6.07) is 80.6. The van der Waals surface area contributed by atoms with Crippen molar-refractivity contribution in [1.82, 2.24) is 0 Å². The summed E-state index contributed by atoms with van der Waals surface area (Å²) in [6.45, 7) is 7.70. The Morgan fingerprint density at radius 2 is 0.748 bits per heavy atom. The van der Waals surface area contributed by atoms with Gasteiger partial charge >= 0.3 is 0 Å². The number of benzene rings is 14. The molecular weight excluding hydrogens is 1310 g/mol. The predicted molar refractivity (Wildman–Crippen MR) is 388 cm³/mol. The Bertz CT molecular complexity index is 5770. The number of fused-ring (bicyclic) bond motifs is 11. The third-order valence-electron chi connectivity index (χ3n) is 20.1. The van der Waals surface area contributed by atoms with Crippen molar-refractivity contribution in [3.05, 3.63) is 406 Å². The number of anilines is 6. The fraction of sp³-hybridized carbons (Fsp3) is 0.0222. The maximum atomic E-state index is 17.8. The van der Waals surface area contributed by atoms with E-state index in [2.05, 4.69) is 13.2 Å². The minimum Gasteiger partial charge on any atom is -0.457 e. The van der Waals surface area contributed by atoms with Crippen LogP contribution in [0.15, 0.2) is 298 Å². The molecule has 1 aliphatic heterocycles. The van der Waals surface area contributed by atoms with Gasteiger partial charge in [-0.3, -0.25) is 0 Å². The lowest BCUT2D eigenvalue weighted by Crippen LogP contribution is -2.29. The van der Waals surface area contributed by atoms with E-state index in [9.17, 15) is 0 Å². The second-order valence-corrected chi connectivity index (χ2v) is 25.5. The fourth-order valence-electron chi connectivity index (χ4n) is 15.5. The molecule has 13 heteroatoms. The quantitative estimate of drug-likeness (QED) is 0.0615. The number of halogens is 9. The number of hydrogen-bond acceptors (Lipinski definition) is 4. The molecule has 0 saturated heterocycles. The molecule has 0 fully saturated rings. The first-order valence-corrected chi connectivity index (χ1v) is 33.0. The molecular formula is C90H53F9N2O2. The zero-order valence-corrected chi connectivity index (χ0v) is 54.3. The van der Waals surface area contributed by atoms with E-state index in [0.717, 1.165) is 61.7 Å². The highest BCUT2D eigenvalue weighted by Crippen LogP contribution is 2.62. The number of rotatable bonds is 14. The van der Waals surface area contributed by atoms with Gasteiger partial charge in [0, 0.05) is 34.4 Å². The van der Waals surface area contributed by atoms with Gasteiger partial charge in [0.15, 0.2) is 40.7 Å². The van der Waals surface area contributed by atoms with Gasteiger partial charge < -0.3 is 19.3 Å². The maximum absolute atomic E-state index is 17.8. The summed E-state index contributed by atoms with van der Waals surface area (Å²) in [5, 5.41) is 0. The summed E-state index contributed by atoms with van der Waals surface area (Å²) in [5.41, 5.74) is 9.10. The van der Waals surface area contributed by atoms with Gasteiger partial charge in [0.2, 0.25) is 0 Å². The van der Waals surface area contributed by atoms with E-state index in [1.54, 1.807) is 133 Å². The van der Waals surface area contributed by atoms with Crippen LogP contribution in [0.4, 0.5) is 73.6 Å². The van der Waals surface area contributed by atoms with Crippen molar-refractivity contribution in [2.75, 3.05) is 9.80 Å². The molecule has 4 nitrogen and oxygen atoms in total. The number of nitrogens with zero attached hydrogens (tertiary/aromatic N) is 2. The molecule has 2 atom stereocenters. The highest BCUT2D eigenvalue weighted by Gasteiger charge is 2.50. The van der Waals surface area contributed by atoms with Gasteiger partial charge in [-0.25, -0.2) is 39.5 Å². The van der Waals surface area contributed by atoms with Crippen molar-refractivity contribution >= 4 is 46.3 Å². The van der Waals surface area contributed by atoms with Crippen LogP contribution >= 0.6 is 0 Å². The van der Waals surface area contributed by atoms with Gasteiger partial charge in [0.1, 0.15) is 40.3 Å². The van der Waals surface area contributed by atoms with Crippen LogP contribution in [0, 0.1) is 52.4 Å². The van der Waals surface area contributed by atoms with E-state index in [-0.39, 0.29) is 33.9 Å². The average Bonchev–Trinajstić information content (AvgIpc) is 1.55. The Kier molecular flexibility index (Phi) is 15.3. The molecule has 0 saturated carbocycles. The van der Waals surface area contributed by atoms with E-state index in [0.29, 0.717) is 68.1 Å². The van der Waals surface area contributed by atoms with Crippen molar-refractivity contribution in [1.29, 1.82) is 0 Å². The summed E-state index contributed by atoms with van der Waals surface area (Å²) in [6.07, 6.45) is 3.42. The predicted octanol–water partition coefficient (Wildman–Crippen LogP) is 25.1. The molecule has 0 radical (unpaired) electrons. The second-order valence-electron chi connectivity index (χ2n) is 25.5. The maximum Gasteiger partial charge on any atom is 0.196 e. The molecule has 3 aliphatic rings. The van der Waals surface area contributed by atoms with E-state index in [1.165, 1.54) is 34.1 Å². The van der Waals surface area contributed by atoms with Crippen molar-refractivity contribution in [2.24, 2.45) is 0 Å². The van der Waals surface area contributed by atoms with Crippen molar-refractivity contribution < 1.29 is 49.0 Å². The summed E-state index contributed by atoms with van der Waals surface area (Å²) >= 11 is 0. The van der Waals surface area contributed by atoms with Crippen LogP contribution in [-0.4, -0.2) is 0 Å². The molecule has 2 bridgehead atoms. The van der Waals surface area contributed by atoms with E-state index >= 15 is 39.5 Å². The van der Waals surface area contributed by atoms with E-state index in [1.807, 2.05) is 127 Å². The Hall–Kier alpha value is -12.9. The molecule has 14 aromatic carbocycles. The van der Waals surface area contributed by atoms with Crippen LogP contribution in [0.5, 0.6) is 23.0 Å². The lowest BCUT2D eigenvalue weighted by atomic mass is 9.66. The van der Waals surface area contributed by atoms with Gasteiger partial charge in [-0.1, -0.05) is 177 Å². The van der Waals surface area contributed by atoms with Gasteiger partial charge in [-0.15, -0.1) is 0 Å². The first-order valence-electron chi connectivity index (χ1n) is 33.0. The molecule has 14 aromatic rings. The van der Waals surface area contributed by atoms with Crippen LogP contribution < -0.4 is 19.3 Å². The van der Waals surface area contributed by atoms with E-state index < -0.39 is 68.9 Å². The third kappa shape index (κ3) is 10.2. The molecule has 103 heavy (non-hydrogen) atoms. The van der Waals surface area contributed by atoms with Gasteiger partial charge in [-0.05, 0) is 222 Å². The normalized spacial score (nSPS) is 15.0. The van der Waals surface area contributed by atoms with Crippen LogP contribution in [0.25, 0.3) is 56.7 Å². The van der Waals surface area contributed by atoms with Crippen LogP contribution in [0.1, 0.15) is 55.6 Å². The van der Waals surface area contributed by atoms with Crippen molar-refractivity contribution in [3.8, 4) is 67.5 Å². The number of hydrogen-bond donors (Lipinski definition) is 0. The van der Waals surface area contributed by atoms with Crippen LogP contribution in [0.3, 0.4) is 0 Å². The summed E-state index contributed by atoms with van der Waals surface area (Å²) in [7, 11) is 0. The lowest BCUT2D eigenvalue weighted by Gasteiger charge is -2.35. The second kappa shape index (κ2) is 24.8. The number of ether oxygens (including phenoxy) is 2. The molecule has 0 N–H and O–H groups in total. The van der Waals surface area contributed by atoms with Gasteiger partial charge in [0.05, 0.1) is 16.5 Å². The minimum atomic E-state index is -1.90. The van der Waals surface area contributed by atoms with Gasteiger partial charge in [0.25, 0.3) is 0 Å². The molecule has 2 unspecified atom stereocenters. The largest absolute Gasteiger partial charge is 0.457 e. The molecule has 0 aromatic heterocycles. The SMILES string of the molecule is C=Cc1ccc(Oc2ccc(C3(c4ccc(F)cc4)c4ccccc4-c4ccc(N(c5ccc(-c6ccc(N7c8ccc9c(c8)C(c8ccc(F)cc8)(c8ccccc8-9)c8ccc(Oc9ccc(C=C)cc9)cc8-c8cc(F)c(F)c(F)c87)cc6)cc5)c5c(F)cc(F)c(F)c5F)cc43)cc2)cc1. The third-order valence-corrected chi connectivity index (χ3v) is 20.1. The lowest BCUT2D eigenvalue weighted by molar-refractivity contribution is 0.436. The molecule has 0 spiro atoms. The topological polar surface area (TPSA) is 24.9 Å². The molecule has 0 amide bonds. The van der Waals surface area contributed by atoms with Crippen molar-refractivity contribution in [3.63, 3.8) is 0 Å². The smallest absolute Gasteiger partial charge is 0.196 e. The van der Waals surface area contributed by atoms with Crippen molar-refractivity contribution in [2.45, 2.75) is 10.8 Å². The Morgan fingerprint density at radius 3 is 1.33 bits per heavy atom. The first kappa shape index (κ1) is 63.6. The van der Waals surface area contributed by atoms with Crippen LogP contribution in [0.2, 0.25) is 0 Å². The Labute approximate surface area is 586 Å². The molecule has 1 heterocycles. The highest BCUT2D eigenvalue weighted by molar-refractivity contribution is 5.98. The molecule has 498 valence electrons. The first-order chi connectivity index (χ1) is 50.1.